The van der Waals surface area contributed by atoms with E-state index in [0.717, 1.165) is 47.9 Å². The molecule has 0 aliphatic carbocycles. The van der Waals surface area contributed by atoms with Crippen molar-refractivity contribution in [1.82, 2.24) is 15.6 Å². The second-order valence-corrected chi connectivity index (χ2v) is 6.77. The zero-order chi connectivity index (χ0) is 19.0. The minimum absolute atomic E-state index is 0.0972. The van der Waals surface area contributed by atoms with Gasteiger partial charge in [0.1, 0.15) is 5.60 Å². The number of aryl methyl sites for hydroxylation is 1. The summed E-state index contributed by atoms with van der Waals surface area (Å²) in [5, 5.41) is 6.63. The Morgan fingerprint density at radius 1 is 1.36 bits per heavy atom. The Hall–Kier alpha value is -1.17. The third-order valence-corrected chi connectivity index (χ3v) is 4.73. The lowest BCUT2D eigenvalue weighted by molar-refractivity contribution is -0.123. The lowest BCUT2D eigenvalue weighted by Gasteiger charge is -2.33. The number of hydrogen-bond donors (Lipinski definition) is 2. The van der Waals surface area contributed by atoms with Crippen LogP contribution < -0.4 is 10.6 Å². The minimum atomic E-state index is -0.143. The SMILES string of the molecule is CC.CNC(=O)C(C)C.Cc1nc2c(cc1Cl)COC21CCNCC1. The van der Waals surface area contributed by atoms with Gasteiger partial charge in [-0.25, -0.2) is 0 Å². The van der Waals surface area contributed by atoms with Gasteiger partial charge in [-0.3, -0.25) is 9.78 Å². The third kappa shape index (κ3) is 5.40. The van der Waals surface area contributed by atoms with Gasteiger partial charge in [0.2, 0.25) is 5.91 Å². The van der Waals surface area contributed by atoms with Gasteiger partial charge in [-0.2, -0.15) is 0 Å². The number of fused-ring (bicyclic) bond motifs is 2. The zero-order valence-corrected chi connectivity index (χ0v) is 17.1. The first-order valence-corrected chi connectivity index (χ1v) is 9.50. The van der Waals surface area contributed by atoms with Crippen molar-refractivity contribution in [1.29, 1.82) is 0 Å². The minimum Gasteiger partial charge on any atom is -0.364 e. The summed E-state index contributed by atoms with van der Waals surface area (Å²) in [7, 11) is 1.64. The molecule has 0 atom stereocenters. The van der Waals surface area contributed by atoms with Crippen LogP contribution in [0.4, 0.5) is 0 Å². The first-order valence-electron chi connectivity index (χ1n) is 9.12. The van der Waals surface area contributed by atoms with Crippen LogP contribution in [0.25, 0.3) is 0 Å². The molecule has 5 nitrogen and oxygen atoms in total. The van der Waals surface area contributed by atoms with Gasteiger partial charge in [0.25, 0.3) is 0 Å². The molecule has 1 fully saturated rings. The summed E-state index contributed by atoms with van der Waals surface area (Å²) in [6.07, 6.45) is 2.02. The molecule has 0 saturated carbocycles. The van der Waals surface area contributed by atoms with Crippen molar-refractivity contribution < 1.29 is 9.53 Å². The normalized spacial score (nSPS) is 17.1. The molecule has 1 aromatic rings. The van der Waals surface area contributed by atoms with Gasteiger partial charge in [-0.1, -0.05) is 39.3 Å². The number of piperidine rings is 1. The molecular weight excluding hydrogens is 338 g/mol. The summed E-state index contributed by atoms with van der Waals surface area (Å²) >= 11 is 6.09. The average molecular weight is 370 g/mol. The van der Waals surface area contributed by atoms with Crippen molar-refractivity contribution in [3.05, 3.63) is 28.0 Å². The third-order valence-electron chi connectivity index (χ3n) is 4.35. The van der Waals surface area contributed by atoms with Gasteiger partial charge in [-0.15, -0.1) is 0 Å². The maximum Gasteiger partial charge on any atom is 0.222 e. The maximum absolute atomic E-state index is 10.4. The Morgan fingerprint density at radius 2 is 1.96 bits per heavy atom. The fourth-order valence-electron chi connectivity index (χ4n) is 2.91. The molecule has 6 heteroatoms. The molecule has 142 valence electrons. The number of carbonyl (C=O) groups excluding carboxylic acids is 1. The molecule has 0 radical (unpaired) electrons. The number of nitrogens with zero attached hydrogens (tertiary/aromatic N) is 1. The number of carbonyl (C=O) groups is 1. The largest absolute Gasteiger partial charge is 0.364 e. The van der Waals surface area contributed by atoms with Crippen LogP contribution in [-0.4, -0.2) is 31.0 Å². The Labute approximate surface area is 156 Å². The quantitative estimate of drug-likeness (QED) is 0.794. The predicted octanol–water partition coefficient (Wildman–Crippen LogP) is 3.57. The van der Waals surface area contributed by atoms with Gasteiger partial charge in [0, 0.05) is 18.5 Å². The summed E-state index contributed by atoms with van der Waals surface area (Å²) in [6.45, 7) is 12.3. The fraction of sp³-hybridized carbons (Fsp3) is 0.684. The number of pyridine rings is 1. The lowest BCUT2D eigenvalue weighted by Crippen LogP contribution is -2.40. The van der Waals surface area contributed by atoms with Gasteiger partial charge in [0.15, 0.2) is 0 Å². The van der Waals surface area contributed by atoms with E-state index in [0.29, 0.717) is 6.61 Å². The number of hydrogen-bond acceptors (Lipinski definition) is 4. The van der Waals surface area contributed by atoms with Crippen LogP contribution in [0.1, 0.15) is 57.5 Å². The molecule has 1 spiro atoms. The van der Waals surface area contributed by atoms with Crippen LogP contribution in [0.2, 0.25) is 5.02 Å². The van der Waals surface area contributed by atoms with Crippen LogP contribution in [-0.2, 0) is 21.7 Å². The molecule has 3 rings (SSSR count). The molecule has 0 aromatic carbocycles. The highest BCUT2D eigenvalue weighted by atomic mass is 35.5. The number of aromatic nitrogens is 1. The molecule has 1 saturated heterocycles. The number of amides is 1. The van der Waals surface area contributed by atoms with Gasteiger partial charge >= 0.3 is 0 Å². The van der Waals surface area contributed by atoms with Crippen LogP contribution in [0, 0.1) is 12.8 Å². The fourth-order valence-corrected chi connectivity index (χ4v) is 3.08. The van der Waals surface area contributed by atoms with Crippen LogP contribution in [0.3, 0.4) is 0 Å². The van der Waals surface area contributed by atoms with Crippen molar-refractivity contribution >= 4 is 17.5 Å². The molecular formula is C19H32ClN3O2. The summed E-state index contributed by atoms with van der Waals surface area (Å²) in [5.74, 6) is 0.213. The predicted molar refractivity (Wildman–Crippen MR) is 103 cm³/mol. The summed E-state index contributed by atoms with van der Waals surface area (Å²) in [4.78, 5) is 15.0. The molecule has 25 heavy (non-hydrogen) atoms. The Bertz CT molecular complexity index is 570. The number of nitrogens with one attached hydrogen (secondary N) is 2. The van der Waals surface area contributed by atoms with E-state index in [2.05, 4.69) is 15.6 Å². The van der Waals surface area contributed by atoms with Crippen molar-refractivity contribution in [3.63, 3.8) is 0 Å². The second-order valence-electron chi connectivity index (χ2n) is 6.37. The summed E-state index contributed by atoms with van der Waals surface area (Å²) in [6, 6.07) is 2.01. The molecule has 2 N–H and O–H groups in total. The number of rotatable bonds is 1. The van der Waals surface area contributed by atoms with E-state index >= 15 is 0 Å². The van der Waals surface area contributed by atoms with Crippen molar-refractivity contribution in [2.45, 2.75) is 59.7 Å². The van der Waals surface area contributed by atoms with Crippen LogP contribution >= 0.6 is 11.6 Å². The lowest BCUT2D eigenvalue weighted by atomic mass is 9.88. The Kier molecular flexibility index (Phi) is 8.83. The molecule has 0 unspecified atom stereocenters. The van der Waals surface area contributed by atoms with Crippen molar-refractivity contribution in [3.8, 4) is 0 Å². The zero-order valence-electron chi connectivity index (χ0n) is 16.3. The van der Waals surface area contributed by atoms with E-state index in [-0.39, 0.29) is 17.4 Å². The highest BCUT2D eigenvalue weighted by Crippen LogP contribution is 2.42. The smallest absolute Gasteiger partial charge is 0.222 e. The van der Waals surface area contributed by atoms with Crippen LogP contribution in [0.5, 0.6) is 0 Å². The van der Waals surface area contributed by atoms with Gasteiger partial charge in [-0.05, 0) is 38.9 Å². The Balaban J connectivity index is 0.000000297. The second kappa shape index (κ2) is 10.1. The number of ether oxygens (including phenoxy) is 1. The van der Waals surface area contributed by atoms with Crippen LogP contribution in [0.15, 0.2) is 6.07 Å². The number of halogens is 1. The summed E-state index contributed by atoms with van der Waals surface area (Å²) in [5.41, 5.74) is 3.05. The van der Waals surface area contributed by atoms with Gasteiger partial charge < -0.3 is 15.4 Å². The van der Waals surface area contributed by atoms with E-state index in [4.69, 9.17) is 16.3 Å². The van der Waals surface area contributed by atoms with E-state index in [1.165, 1.54) is 0 Å². The Morgan fingerprint density at radius 3 is 2.44 bits per heavy atom. The highest BCUT2D eigenvalue weighted by molar-refractivity contribution is 6.31. The molecule has 0 bridgehead atoms. The highest BCUT2D eigenvalue weighted by Gasteiger charge is 2.42. The van der Waals surface area contributed by atoms with E-state index in [9.17, 15) is 4.79 Å². The van der Waals surface area contributed by atoms with E-state index in [1.807, 2.05) is 40.7 Å². The standard InChI is InChI=1S/C12H15ClN2O.C5H11NO.C2H6/c1-8-10(13)6-9-7-16-12(11(9)15-8)2-4-14-5-3-12;1-4(2)5(7)6-3;1-2/h6,14H,2-5,7H2,1H3;4H,1-3H3,(H,6,7);1-2H3. The first kappa shape index (κ1) is 21.9. The topological polar surface area (TPSA) is 63.2 Å². The van der Waals surface area contributed by atoms with E-state index in [1.54, 1.807) is 7.05 Å². The van der Waals surface area contributed by atoms with E-state index < -0.39 is 0 Å². The molecule has 3 heterocycles. The van der Waals surface area contributed by atoms with Crippen molar-refractivity contribution in [2.24, 2.45) is 5.92 Å². The molecule has 2 aliphatic rings. The monoisotopic (exact) mass is 369 g/mol. The summed E-state index contributed by atoms with van der Waals surface area (Å²) < 4.78 is 6.00. The molecule has 2 aliphatic heterocycles. The maximum atomic E-state index is 10.4. The average Bonchev–Trinajstić information content (AvgIpc) is 2.95. The molecule has 1 aromatic heterocycles. The molecule has 1 amide bonds. The van der Waals surface area contributed by atoms with Gasteiger partial charge in [0.05, 0.1) is 23.0 Å². The van der Waals surface area contributed by atoms with Crippen molar-refractivity contribution in [2.75, 3.05) is 20.1 Å². The first-order chi connectivity index (χ1) is 11.9.